The Balaban J connectivity index is 2.56. The lowest BCUT2D eigenvalue weighted by Gasteiger charge is -2.08. The first-order valence-electron chi connectivity index (χ1n) is 6.35. The zero-order valence-electron chi connectivity index (χ0n) is 10.8. The Labute approximate surface area is 107 Å². The van der Waals surface area contributed by atoms with Gasteiger partial charge < -0.3 is 0 Å². The third-order valence-corrected chi connectivity index (χ3v) is 3.51. The van der Waals surface area contributed by atoms with Crippen LogP contribution in [0.3, 0.4) is 0 Å². The van der Waals surface area contributed by atoms with E-state index in [1.807, 2.05) is 6.92 Å². The minimum Gasteiger partial charge on any atom is -0.0876 e. The van der Waals surface area contributed by atoms with Crippen molar-refractivity contribution in [2.24, 2.45) is 0 Å². The minimum atomic E-state index is 1.29. The molecule has 18 heavy (non-hydrogen) atoms. The van der Waals surface area contributed by atoms with E-state index in [4.69, 9.17) is 0 Å². The van der Waals surface area contributed by atoms with Crippen LogP contribution in [0.4, 0.5) is 0 Å². The molecule has 0 aliphatic rings. The fourth-order valence-corrected chi connectivity index (χ4v) is 2.57. The van der Waals surface area contributed by atoms with Gasteiger partial charge in [0, 0.05) is 0 Å². The molecule has 3 aromatic carbocycles. The van der Waals surface area contributed by atoms with Crippen LogP contribution in [0.25, 0.3) is 27.6 Å². The largest absolute Gasteiger partial charge is 0.0876 e. The van der Waals surface area contributed by atoms with Gasteiger partial charge in [0.25, 0.3) is 0 Å². The first-order chi connectivity index (χ1) is 8.81. The molecule has 0 heteroatoms. The summed E-state index contributed by atoms with van der Waals surface area (Å²) in [6.45, 7) is 4.22. The Morgan fingerprint density at radius 2 is 1.78 bits per heavy atom. The third-order valence-electron chi connectivity index (χ3n) is 3.51. The van der Waals surface area contributed by atoms with Crippen molar-refractivity contribution in [2.45, 2.75) is 13.8 Å². The number of benzene rings is 3. The van der Waals surface area contributed by atoms with E-state index in [0.717, 1.165) is 0 Å². The first-order valence-corrected chi connectivity index (χ1v) is 6.35. The maximum absolute atomic E-state index is 2.24. The standard InChI is InChI=1S/C18H16/c1-3-4-6-14-11-12-16-13(2)9-10-15-7-5-8-17(14)18(15)16/h3-12H,1-2H3/b4-3-,14-6-. The van der Waals surface area contributed by atoms with Crippen molar-refractivity contribution in [1.29, 1.82) is 0 Å². The lowest BCUT2D eigenvalue weighted by molar-refractivity contribution is 1.54. The normalized spacial score (nSPS) is 13.1. The molecule has 0 saturated heterocycles. The predicted octanol–water partition coefficient (Wildman–Crippen LogP) is 4.38. The Morgan fingerprint density at radius 1 is 0.889 bits per heavy atom. The van der Waals surface area contributed by atoms with Crippen LogP contribution in [0.15, 0.2) is 54.6 Å². The summed E-state index contributed by atoms with van der Waals surface area (Å²) in [6, 6.07) is 15.4. The van der Waals surface area contributed by atoms with Crippen LogP contribution in [-0.4, -0.2) is 0 Å². The Hall–Kier alpha value is -2.08. The molecule has 0 nitrogen and oxygen atoms in total. The van der Waals surface area contributed by atoms with Crippen molar-refractivity contribution in [3.63, 3.8) is 0 Å². The summed E-state index contributed by atoms with van der Waals surface area (Å²) >= 11 is 0. The van der Waals surface area contributed by atoms with Gasteiger partial charge >= 0.3 is 0 Å². The summed E-state index contributed by atoms with van der Waals surface area (Å²) in [7, 11) is 0. The third kappa shape index (κ3) is 1.62. The summed E-state index contributed by atoms with van der Waals surface area (Å²) in [6.07, 6.45) is 6.34. The molecule has 3 rings (SSSR count). The van der Waals surface area contributed by atoms with Crippen molar-refractivity contribution in [3.05, 3.63) is 65.4 Å². The van der Waals surface area contributed by atoms with Crippen LogP contribution in [0.5, 0.6) is 0 Å². The van der Waals surface area contributed by atoms with Gasteiger partial charge in [-0.15, -0.1) is 0 Å². The van der Waals surface area contributed by atoms with Gasteiger partial charge in [-0.2, -0.15) is 0 Å². The van der Waals surface area contributed by atoms with Crippen molar-refractivity contribution >= 4 is 27.6 Å². The van der Waals surface area contributed by atoms with E-state index in [2.05, 4.69) is 67.6 Å². The van der Waals surface area contributed by atoms with Crippen LogP contribution in [0.1, 0.15) is 12.5 Å². The molecule has 0 amide bonds. The van der Waals surface area contributed by atoms with Crippen molar-refractivity contribution in [2.75, 3.05) is 0 Å². The summed E-state index contributed by atoms with van der Waals surface area (Å²) in [5, 5.41) is 6.70. The number of rotatable bonds is 1. The monoisotopic (exact) mass is 232 g/mol. The zero-order valence-corrected chi connectivity index (χ0v) is 10.8. The van der Waals surface area contributed by atoms with Crippen LogP contribution in [0.2, 0.25) is 0 Å². The van der Waals surface area contributed by atoms with Crippen LogP contribution < -0.4 is 5.22 Å². The lowest BCUT2D eigenvalue weighted by Crippen LogP contribution is -2.01. The van der Waals surface area contributed by atoms with E-state index in [9.17, 15) is 0 Å². The lowest BCUT2D eigenvalue weighted by atomic mass is 9.96. The predicted molar refractivity (Wildman–Crippen MR) is 80.7 cm³/mol. The molecule has 0 spiro atoms. The van der Waals surface area contributed by atoms with Gasteiger partial charge in [0.05, 0.1) is 0 Å². The van der Waals surface area contributed by atoms with E-state index in [1.54, 1.807) is 0 Å². The average Bonchev–Trinajstić information content (AvgIpc) is 2.41. The first kappa shape index (κ1) is 11.0. The molecule has 0 N–H and O–H groups in total. The molecular weight excluding hydrogens is 216 g/mol. The van der Waals surface area contributed by atoms with E-state index in [-0.39, 0.29) is 0 Å². The van der Waals surface area contributed by atoms with Crippen molar-refractivity contribution in [3.8, 4) is 0 Å². The van der Waals surface area contributed by atoms with Crippen LogP contribution in [0, 0.1) is 6.92 Å². The van der Waals surface area contributed by atoms with E-state index >= 15 is 0 Å². The fraction of sp³-hybridized carbons (Fsp3) is 0.111. The number of hydrogen-bond acceptors (Lipinski definition) is 0. The Kier molecular flexibility index (Phi) is 2.64. The van der Waals surface area contributed by atoms with Gasteiger partial charge in [0.15, 0.2) is 0 Å². The summed E-state index contributed by atoms with van der Waals surface area (Å²) < 4.78 is 0. The van der Waals surface area contributed by atoms with Gasteiger partial charge in [-0.1, -0.05) is 60.7 Å². The quantitative estimate of drug-likeness (QED) is 0.584. The van der Waals surface area contributed by atoms with E-state index in [0.29, 0.717) is 0 Å². The minimum absolute atomic E-state index is 1.29. The number of allylic oxidation sites excluding steroid dienone is 2. The number of aryl methyl sites for hydroxylation is 1. The smallest absolute Gasteiger partial charge is 0.00302 e. The fourth-order valence-electron chi connectivity index (χ4n) is 2.57. The topological polar surface area (TPSA) is 0 Å². The average molecular weight is 232 g/mol. The molecule has 0 aliphatic carbocycles. The molecule has 0 heterocycles. The second kappa shape index (κ2) is 4.30. The summed E-state index contributed by atoms with van der Waals surface area (Å²) in [4.78, 5) is 0. The molecule has 0 unspecified atom stereocenters. The van der Waals surface area contributed by atoms with Crippen molar-refractivity contribution < 1.29 is 0 Å². The molecule has 88 valence electrons. The highest BCUT2D eigenvalue weighted by Crippen LogP contribution is 2.26. The highest BCUT2D eigenvalue weighted by Gasteiger charge is 2.04. The zero-order chi connectivity index (χ0) is 12.5. The van der Waals surface area contributed by atoms with E-state index < -0.39 is 0 Å². The SMILES string of the molecule is C/C=C\C=c1\ccc2c(C)ccc3cccc1c32. The van der Waals surface area contributed by atoms with Gasteiger partial charge in [-0.3, -0.25) is 0 Å². The molecule has 0 aromatic heterocycles. The van der Waals surface area contributed by atoms with E-state index in [1.165, 1.54) is 32.3 Å². The van der Waals surface area contributed by atoms with Crippen LogP contribution >= 0.6 is 0 Å². The molecule has 0 radical (unpaired) electrons. The molecule has 0 aliphatic heterocycles. The molecular formula is C18H16. The van der Waals surface area contributed by atoms with Gasteiger partial charge in [-0.25, -0.2) is 0 Å². The molecule has 0 fully saturated rings. The molecule has 0 atom stereocenters. The second-order valence-electron chi connectivity index (χ2n) is 4.68. The molecule has 3 aromatic rings. The summed E-state index contributed by atoms with van der Waals surface area (Å²) in [5.41, 5.74) is 1.34. The molecule has 0 saturated carbocycles. The van der Waals surface area contributed by atoms with Crippen LogP contribution in [-0.2, 0) is 0 Å². The maximum Gasteiger partial charge on any atom is -0.00302 e. The van der Waals surface area contributed by atoms with Gasteiger partial charge in [0.2, 0.25) is 0 Å². The highest BCUT2D eigenvalue weighted by molar-refractivity contribution is 6.11. The highest BCUT2D eigenvalue weighted by atomic mass is 14.1. The summed E-state index contributed by atoms with van der Waals surface area (Å²) in [5.74, 6) is 0. The van der Waals surface area contributed by atoms with Crippen molar-refractivity contribution in [1.82, 2.24) is 0 Å². The maximum atomic E-state index is 2.24. The number of hydrogen-bond donors (Lipinski definition) is 0. The Morgan fingerprint density at radius 3 is 2.61 bits per heavy atom. The van der Waals surface area contributed by atoms with Gasteiger partial charge in [-0.05, 0) is 46.2 Å². The second-order valence-corrected chi connectivity index (χ2v) is 4.68. The molecule has 0 bridgehead atoms. The van der Waals surface area contributed by atoms with Gasteiger partial charge in [0.1, 0.15) is 0 Å². The Bertz CT molecular complexity index is 792.